The van der Waals surface area contributed by atoms with Gasteiger partial charge in [0.1, 0.15) is 6.10 Å². The topological polar surface area (TPSA) is 69.6 Å². The molecule has 2 atom stereocenters. The fourth-order valence-corrected chi connectivity index (χ4v) is 3.40. The fraction of sp³-hybridized carbons (Fsp3) is 0.167. The molecule has 1 aromatic heterocycles. The molecule has 3 rings (SSSR count). The Morgan fingerprint density at radius 2 is 1.74 bits per heavy atom. The minimum absolute atomic E-state index is 0.0650. The summed E-state index contributed by atoms with van der Waals surface area (Å²) in [6, 6.07) is 18.5. The molecule has 1 heterocycles. The van der Waals surface area contributed by atoms with E-state index in [4.69, 9.17) is 0 Å². The van der Waals surface area contributed by atoms with Gasteiger partial charge in [0.05, 0.1) is 0 Å². The highest BCUT2D eigenvalue weighted by Gasteiger charge is 2.19. The number of amides is 1. The quantitative estimate of drug-likeness (QED) is 0.675. The van der Waals surface area contributed by atoms with Crippen molar-refractivity contribution in [2.75, 3.05) is 6.54 Å². The summed E-state index contributed by atoms with van der Waals surface area (Å²) in [5.74, 6) is -0.517. The molecule has 3 aromatic rings. The molecule has 0 radical (unpaired) electrons. The molecular formula is C18H17NO3S. The molecule has 23 heavy (non-hydrogen) atoms. The summed E-state index contributed by atoms with van der Waals surface area (Å²) in [4.78, 5) is 12.8. The molecule has 0 fully saturated rings. The van der Waals surface area contributed by atoms with Crippen LogP contribution in [0.2, 0.25) is 0 Å². The molecule has 0 spiro atoms. The lowest BCUT2D eigenvalue weighted by Crippen LogP contribution is -2.32. The van der Waals surface area contributed by atoms with Crippen LogP contribution in [-0.2, 0) is 4.79 Å². The first-order chi connectivity index (χ1) is 11.1. The van der Waals surface area contributed by atoms with Crippen LogP contribution >= 0.6 is 11.3 Å². The lowest BCUT2D eigenvalue weighted by Gasteiger charge is -2.14. The third kappa shape index (κ3) is 3.59. The Morgan fingerprint density at radius 1 is 1.04 bits per heavy atom. The monoisotopic (exact) mass is 327 g/mol. The Balaban J connectivity index is 1.62. The Labute approximate surface area is 138 Å². The number of aliphatic hydroxyl groups is 2. The zero-order chi connectivity index (χ0) is 16.2. The first kappa shape index (κ1) is 15.7. The van der Waals surface area contributed by atoms with E-state index >= 15 is 0 Å². The summed E-state index contributed by atoms with van der Waals surface area (Å²) in [7, 11) is 0. The summed E-state index contributed by atoms with van der Waals surface area (Å²) in [6.07, 6.45) is -2.02. The van der Waals surface area contributed by atoms with Crippen molar-refractivity contribution >= 4 is 27.3 Å². The Morgan fingerprint density at radius 3 is 2.48 bits per heavy atom. The number of aliphatic hydroxyl groups excluding tert-OH is 2. The molecule has 2 aromatic carbocycles. The van der Waals surface area contributed by atoms with Crippen LogP contribution < -0.4 is 5.32 Å². The van der Waals surface area contributed by atoms with Crippen molar-refractivity contribution in [3.05, 3.63) is 71.1 Å². The van der Waals surface area contributed by atoms with Crippen molar-refractivity contribution in [1.29, 1.82) is 0 Å². The van der Waals surface area contributed by atoms with Crippen LogP contribution in [0.4, 0.5) is 0 Å². The molecule has 0 saturated carbocycles. The van der Waals surface area contributed by atoms with Gasteiger partial charge < -0.3 is 15.5 Å². The minimum atomic E-state index is -1.23. The van der Waals surface area contributed by atoms with E-state index in [1.54, 1.807) is 24.3 Å². The van der Waals surface area contributed by atoms with Crippen LogP contribution in [0.5, 0.6) is 0 Å². The highest BCUT2D eigenvalue weighted by Crippen LogP contribution is 2.29. The maximum Gasteiger partial charge on any atom is 0.253 e. The van der Waals surface area contributed by atoms with Crippen molar-refractivity contribution in [2.45, 2.75) is 12.2 Å². The van der Waals surface area contributed by atoms with Crippen molar-refractivity contribution in [3.8, 4) is 0 Å². The van der Waals surface area contributed by atoms with Gasteiger partial charge >= 0.3 is 0 Å². The number of carbonyl (C=O) groups is 1. The van der Waals surface area contributed by atoms with Gasteiger partial charge in [0, 0.05) is 16.1 Å². The lowest BCUT2D eigenvalue weighted by molar-refractivity contribution is -0.130. The molecule has 4 nitrogen and oxygen atoms in total. The Kier molecular flexibility index (Phi) is 4.71. The van der Waals surface area contributed by atoms with Gasteiger partial charge in [-0.2, -0.15) is 0 Å². The normalized spacial score (nSPS) is 13.7. The summed E-state index contributed by atoms with van der Waals surface area (Å²) in [5.41, 5.74) is 0.529. The number of benzene rings is 2. The number of carbonyl (C=O) groups excluding carboxylic acids is 1. The molecule has 118 valence electrons. The predicted octanol–water partition coefficient (Wildman–Crippen LogP) is 2.78. The van der Waals surface area contributed by atoms with Gasteiger partial charge in [-0.1, -0.05) is 48.5 Å². The van der Waals surface area contributed by atoms with Gasteiger partial charge in [-0.05, 0) is 23.1 Å². The second-order valence-electron chi connectivity index (χ2n) is 5.26. The van der Waals surface area contributed by atoms with Gasteiger partial charge in [-0.25, -0.2) is 0 Å². The summed E-state index contributed by atoms with van der Waals surface area (Å²) < 4.78 is 1.09. The number of nitrogens with one attached hydrogen (secondary N) is 1. The average Bonchev–Trinajstić information content (AvgIpc) is 3.03. The van der Waals surface area contributed by atoms with Gasteiger partial charge in [0.2, 0.25) is 0 Å². The van der Waals surface area contributed by atoms with Crippen LogP contribution in [0.1, 0.15) is 22.6 Å². The van der Waals surface area contributed by atoms with Gasteiger partial charge in [-0.15, -0.1) is 11.3 Å². The zero-order valence-corrected chi connectivity index (χ0v) is 13.2. The van der Waals surface area contributed by atoms with Gasteiger partial charge in [0.15, 0.2) is 6.10 Å². The summed E-state index contributed by atoms with van der Waals surface area (Å²) in [6.45, 7) is 0.0650. The zero-order valence-electron chi connectivity index (χ0n) is 12.3. The SMILES string of the molecule is O=C(NCC(O)c1cc2ccccc2s1)[C@@H](O)c1ccccc1. The average molecular weight is 327 g/mol. The number of hydrogen-bond donors (Lipinski definition) is 3. The molecule has 0 aliphatic heterocycles. The number of rotatable bonds is 5. The minimum Gasteiger partial charge on any atom is -0.386 e. The van der Waals surface area contributed by atoms with E-state index in [1.807, 2.05) is 36.4 Å². The first-order valence-corrected chi connectivity index (χ1v) is 8.14. The second-order valence-corrected chi connectivity index (χ2v) is 6.38. The van der Waals surface area contributed by atoms with Crippen molar-refractivity contribution in [3.63, 3.8) is 0 Å². The molecule has 1 unspecified atom stereocenters. The molecule has 5 heteroatoms. The van der Waals surface area contributed by atoms with Crippen LogP contribution in [0, 0.1) is 0 Å². The smallest absolute Gasteiger partial charge is 0.253 e. The first-order valence-electron chi connectivity index (χ1n) is 7.32. The predicted molar refractivity (Wildman–Crippen MR) is 91.2 cm³/mol. The van der Waals surface area contributed by atoms with Crippen molar-refractivity contribution in [2.24, 2.45) is 0 Å². The molecule has 0 aliphatic carbocycles. The van der Waals surface area contributed by atoms with Crippen LogP contribution in [-0.4, -0.2) is 22.7 Å². The van der Waals surface area contributed by atoms with E-state index in [2.05, 4.69) is 5.32 Å². The largest absolute Gasteiger partial charge is 0.386 e. The Bertz CT molecular complexity index is 767. The maximum atomic E-state index is 12.0. The van der Waals surface area contributed by atoms with E-state index in [0.717, 1.165) is 15.0 Å². The van der Waals surface area contributed by atoms with E-state index in [1.165, 1.54) is 11.3 Å². The standard InChI is InChI=1S/C18H17NO3S/c20-14(16-10-13-8-4-5-9-15(13)23-16)11-19-18(22)17(21)12-6-2-1-3-7-12/h1-10,14,17,20-21H,11H2,(H,19,22)/t14?,17-/m0/s1. The fourth-order valence-electron chi connectivity index (χ4n) is 2.35. The van der Waals surface area contributed by atoms with Gasteiger partial charge in [-0.3, -0.25) is 4.79 Å². The third-order valence-corrected chi connectivity index (χ3v) is 4.82. The van der Waals surface area contributed by atoms with Crippen LogP contribution in [0.3, 0.4) is 0 Å². The molecule has 0 aliphatic rings. The van der Waals surface area contributed by atoms with Gasteiger partial charge in [0.25, 0.3) is 5.91 Å². The van der Waals surface area contributed by atoms with Crippen LogP contribution in [0.25, 0.3) is 10.1 Å². The molecule has 3 N–H and O–H groups in total. The summed E-state index contributed by atoms with van der Waals surface area (Å²) >= 11 is 1.50. The highest BCUT2D eigenvalue weighted by molar-refractivity contribution is 7.19. The molecule has 0 bridgehead atoms. The van der Waals surface area contributed by atoms with E-state index in [9.17, 15) is 15.0 Å². The lowest BCUT2D eigenvalue weighted by atomic mass is 10.1. The molecule has 0 saturated heterocycles. The van der Waals surface area contributed by atoms with E-state index < -0.39 is 18.1 Å². The number of fused-ring (bicyclic) bond motifs is 1. The maximum absolute atomic E-state index is 12.0. The highest BCUT2D eigenvalue weighted by atomic mass is 32.1. The van der Waals surface area contributed by atoms with Crippen molar-refractivity contribution < 1.29 is 15.0 Å². The Hall–Kier alpha value is -2.21. The molecule has 1 amide bonds. The summed E-state index contributed by atoms with van der Waals surface area (Å²) in [5, 5.41) is 23.9. The third-order valence-electron chi connectivity index (χ3n) is 3.61. The van der Waals surface area contributed by atoms with E-state index in [-0.39, 0.29) is 6.54 Å². The van der Waals surface area contributed by atoms with Crippen molar-refractivity contribution in [1.82, 2.24) is 5.32 Å². The van der Waals surface area contributed by atoms with E-state index in [0.29, 0.717) is 5.56 Å². The number of thiophene rings is 1. The molecular weight excluding hydrogens is 310 g/mol. The number of hydrogen-bond acceptors (Lipinski definition) is 4. The van der Waals surface area contributed by atoms with Crippen LogP contribution in [0.15, 0.2) is 60.7 Å². The second kappa shape index (κ2) is 6.91.